The lowest BCUT2D eigenvalue weighted by Gasteiger charge is -2.26. The molecule has 2 aromatic carbocycles. The van der Waals surface area contributed by atoms with Crippen LogP contribution in [0.3, 0.4) is 0 Å². The van der Waals surface area contributed by atoms with Gasteiger partial charge in [-0.15, -0.1) is 0 Å². The van der Waals surface area contributed by atoms with Gasteiger partial charge in [0.1, 0.15) is 48.3 Å². The molecule has 2 saturated heterocycles. The number of benzene rings is 2. The number of carbonyl (C=O) groups excluding carboxylic acids is 12. The first kappa shape index (κ1) is 76.0. The summed E-state index contributed by atoms with van der Waals surface area (Å²) in [5.41, 5.74) is 18.1. The second-order valence-corrected chi connectivity index (χ2v) is 22.4. The van der Waals surface area contributed by atoms with Gasteiger partial charge in [0.25, 0.3) is 0 Å². The number of rotatable bonds is 30. The Morgan fingerprint density at radius 3 is 1.15 bits per heavy atom. The molecule has 35 nitrogen and oxygen atoms in total. The Morgan fingerprint density at radius 1 is 0.436 bits per heavy atom. The third-order valence-electron chi connectivity index (χ3n) is 14.7. The topological polar surface area (TPSA) is 574 Å². The molecule has 514 valence electrons. The lowest BCUT2D eigenvalue weighted by atomic mass is 10.0. The van der Waals surface area contributed by atoms with E-state index in [9.17, 15) is 77.3 Å². The number of amides is 12. The maximum absolute atomic E-state index is 14.1. The third-order valence-corrected chi connectivity index (χ3v) is 14.7. The first-order valence-corrected chi connectivity index (χ1v) is 30.7. The molecule has 35 heteroatoms. The molecule has 0 aromatic heterocycles. The maximum atomic E-state index is 14.1. The lowest BCUT2D eigenvalue weighted by molar-refractivity contribution is -0.141. The van der Waals surface area contributed by atoms with E-state index >= 15 is 0 Å². The summed E-state index contributed by atoms with van der Waals surface area (Å²) in [5.74, 6) is -13.6. The predicted octanol–water partition coefficient (Wildman–Crippen LogP) is -6.23. The van der Waals surface area contributed by atoms with Crippen molar-refractivity contribution in [1.82, 2.24) is 74.4 Å². The normalized spacial score (nSPS) is 21.5. The third kappa shape index (κ3) is 29.2. The summed E-state index contributed by atoms with van der Waals surface area (Å²) < 4.78 is 0. The SMILES string of the molecule is N=C(N)NCCC[C@H]1NC(=O)[C@@H](CCCCNC(=O)CCC(N)C(=O)NCCCC[C@H]2NC(=O)[C@H](Cc3ccccc3)NC(=O)[C@@H](CC(=O)O)NC(=O)CNC(=O)[C@@H](CCCNC(=N)N)NC2=O)NC(=O)[C@H](Cc2ccccc2)NC(=O)[C@@H](CC(=O)O)NC(=O)CNC1=O. The maximum Gasteiger partial charge on any atom is 0.305 e. The smallest absolute Gasteiger partial charge is 0.305 e. The molecule has 0 aliphatic carbocycles. The van der Waals surface area contributed by atoms with Crippen molar-refractivity contribution < 1.29 is 77.3 Å². The van der Waals surface area contributed by atoms with Crippen LogP contribution in [-0.4, -0.2) is 199 Å². The first-order chi connectivity index (χ1) is 44.8. The molecule has 0 radical (unpaired) electrons. The minimum Gasteiger partial charge on any atom is -0.481 e. The minimum absolute atomic E-state index is 0.0217. The molecule has 2 aromatic rings. The van der Waals surface area contributed by atoms with E-state index in [2.05, 4.69) is 74.4 Å². The van der Waals surface area contributed by atoms with Crippen molar-refractivity contribution in [3.63, 3.8) is 0 Å². The van der Waals surface area contributed by atoms with E-state index in [1.807, 2.05) is 0 Å². The number of hydrogen-bond donors (Lipinski definition) is 21. The summed E-state index contributed by atoms with van der Waals surface area (Å²) >= 11 is 0. The molecule has 2 aliphatic rings. The van der Waals surface area contributed by atoms with Gasteiger partial charge < -0.3 is 102 Å². The Morgan fingerprint density at radius 2 is 0.766 bits per heavy atom. The van der Waals surface area contributed by atoms with E-state index in [0.717, 1.165) is 0 Å². The largest absolute Gasteiger partial charge is 0.481 e. The van der Waals surface area contributed by atoms with Gasteiger partial charge in [-0.1, -0.05) is 60.7 Å². The average Bonchev–Trinajstić information content (AvgIpc) is 1.34. The zero-order valence-electron chi connectivity index (χ0n) is 51.9. The van der Waals surface area contributed by atoms with E-state index in [1.165, 1.54) is 0 Å². The van der Waals surface area contributed by atoms with Crippen molar-refractivity contribution in [2.45, 2.75) is 157 Å². The molecular formula is C59H87N19O16. The van der Waals surface area contributed by atoms with Crippen molar-refractivity contribution in [3.05, 3.63) is 71.8 Å². The molecular weight excluding hydrogens is 1230 g/mol. The van der Waals surface area contributed by atoms with Gasteiger partial charge in [0, 0.05) is 45.4 Å². The highest BCUT2D eigenvalue weighted by atomic mass is 16.4. The van der Waals surface area contributed by atoms with Gasteiger partial charge in [0.05, 0.1) is 32.0 Å². The summed E-state index contributed by atoms with van der Waals surface area (Å²) in [4.78, 5) is 186. The monoisotopic (exact) mass is 1320 g/mol. The first-order valence-electron chi connectivity index (χ1n) is 30.7. The van der Waals surface area contributed by atoms with Crippen LogP contribution in [0, 0.1) is 10.8 Å². The summed E-state index contributed by atoms with van der Waals surface area (Å²) in [6, 6.07) is 4.26. The molecule has 1 unspecified atom stereocenters. The van der Waals surface area contributed by atoms with E-state index < -0.39 is 163 Å². The van der Waals surface area contributed by atoms with Crippen molar-refractivity contribution in [2.75, 3.05) is 39.3 Å². The van der Waals surface area contributed by atoms with Gasteiger partial charge in [-0.3, -0.25) is 77.9 Å². The number of carboxylic acid groups (broad SMARTS) is 2. The molecule has 4 rings (SSSR count). The molecule has 2 heterocycles. The van der Waals surface area contributed by atoms with Crippen LogP contribution < -0.4 is 91.6 Å². The predicted molar refractivity (Wildman–Crippen MR) is 335 cm³/mol. The Balaban J connectivity index is 1.38. The van der Waals surface area contributed by atoms with Crippen LogP contribution in [0.2, 0.25) is 0 Å². The fourth-order valence-electron chi connectivity index (χ4n) is 9.75. The molecule has 94 heavy (non-hydrogen) atoms. The van der Waals surface area contributed by atoms with Crippen LogP contribution in [-0.2, 0) is 80.0 Å². The van der Waals surface area contributed by atoms with Crippen LogP contribution >= 0.6 is 0 Å². The minimum atomic E-state index is -1.68. The number of hydrogen-bond acceptors (Lipinski definition) is 17. The van der Waals surface area contributed by atoms with E-state index in [0.29, 0.717) is 11.1 Å². The van der Waals surface area contributed by atoms with Crippen LogP contribution in [0.15, 0.2) is 60.7 Å². The fourth-order valence-corrected chi connectivity index (χ4v) is 9.75. The van der Waals surface area contributed by atoms with E-state index in [4.69, 9.17) is 28.0 Å². The van der Waals surface area contributed by atoms with Gasteiger partial charge in [-0.2, -0.15) is 0 Å². The highest BCUT2D eigenvalue weighted by Gasteiger charge is 2.36. The van der Waals surface area contributed by atoms with E-state index in [1.54, 1.807) is 60.7 Å². The Labute approximate surface area is 541 Å². The fraction of sp³-hybridized carbons (Fsp3) is 0.525. The number of nitrogens with two attached hydrogens (primary N) is 3. The molecule has 9 atom stereocenters. The van der Waals surface area contributed by atoms with Crippen LogP contribution in [0.5, 0.6) is 0 Å². The Bertz CT molecular complexity index is 3000. The number of guanidine groups is 2. The highest BCUT2D eigenvalue weighted by Crippen LogP contribution is 2.13. The Kier molecular flexibility index (Phi) is 32.6. The standard InChI is InChI=1S/C59H87N19O16/c60-35(49(86)66-24-10-8-18-39-53(90)74-37(20-12-26-68-59(63)64)51(88)70-32-46(81)72-43(30-48(84)85)57(94)78-41(55(92)76-39)28-34-15-5-2-6-16-34)21-22-44(79)65-23-9-7-17-38-52(89)73-36(19-11-25-67-58(61)62)50(87)69-31-45(80)71-42(29-47(82)83)56(93)77-40(54(91)75-38)27-33-13-3-1-4-14-33/h1-6,13-16,35-43H,7-12,17-32,60H2,(H,65,79)(H,66,86)(H,69,87)(H,70,88)(H,71,80)(H,72,81)(H,73,89)(H,74,90)(H,75,91)(H,76,92)(H,77,93)(H,78,94)(H,82,83)(H,84,85)(H4,61,62,67)(H4,63,64,68)/t35?,36-,37-,38-,39-,40+,41+,42-,43-/m1/s1. The number of carbonyl (C=O) groups is 14. The molecule has 2 fully saturated rings. The summed E-state index contributed by atoms with van der Waals surface area (Å²) in [6.07, 6.45) is -1.31. The van der Waals surface area contributed by atoms with Crippen molar-refractivity contribution in [1.29, 1.82) is 10.8 Å². The summed E-state index contributed by atoms with van der Waals surface area (Å²) in [7, 11) is 0. The number of nitrogens with one attached hydrogen (secondary N) is 16. The van der Waals surface area contributed by atoms with Gasteiger partial charge in [-0.05, 0) is 81.8 Å². The molecule has 0 saturated carbocycles. The second kappa shape index (κ2) is 40.4. The van der Waals surface area contributed by atoms with Crippen molar-refractivity contribution in [3.8, 4) is 0 Å². The zero-order chi connectivity index (χ0) is 69.1. The number of unbranched alkanes of at least 4 members (excludes halogenated alkanes) is 2. The lowest BCUT2D eigenvalue weighted by Crippen LogP contribution is -2.58. The van der Waals surface area contributed by atoms with Crippen molar-refractivity contribution >= 4 is 94.7 Å². The summed E-state index contributed by atoms with van der Waals surface area (Å²) in [6.45, 7) is -1.11. The zero-order valence-corrected chi connectivity index (χ0v) is 51.9. The molecule has 24 N–H and O–H groups in total. The average molecular weight is 1320 g/mol. The van der Waals surface area contributed by atoms with Crippen molar-refractivity contribution in [2.24, 2.45) is 17.2 Å². The number of aliphatic carboxylic acids is 2. The van der Waals surface area contributed by atoms with Gasteiger partial charge in [0.2, 0.25) is 70.9 Å². The van der Waals surface area contributed by atoms with Gasteiger partial charge >= 0.3 is 11.9 Å². The number of carboxylic acids is 2. The molecule has 0 bridgehead atoms. The molecule has 2 aliphatic heterocycles. The quantitative estimate of drug-likeness (QED) is 0.0197. The second-order valence-electron chi connectivity index (χ2n) is 22.4. The van der Waals surface area contributed by atoms with E-state index in [-0.39, 0.29) is 128 Å². The Hall–Kier alpha value is -10.5. The highest BCUT2D eigenvalue weighted by molar-refractivity contribution is 6.00. The van der Waals surface area contributed by atoms with Gasteiger partial charge in [-0.25, -0.2) is 0 Å². The van der Waals surface area contributed by atoms with Crippen LogP contribution in [0.25, 0.3) is 0 Å². The van der Waals surface area contributed by atoms with Crippen LogP contribution in [0.4, 0.5) is 0 Å². The van der Waals surface area contributed by atoms with Gasteiger partial charge in [0.15, 0.2) is 11.9 Å². The summed E-state index contributed by atoms with van der Waals surface area (Å²) in [5, 5.41) is 69.5. The molecule has 12 amide bonds. The van der Waals surface area contributed by atoms with Crippen LogP contribution in [0.1, 0.15) is 101 Å². The molecule has 0 spiro atoms.